The fourth-order valence-electron chi connectivity index (χ4n) is 2.79. The minimum absolute atomic E-state index is 0.0990. The Balaban J connectivity index is 1.89. The molecule has 0 spiro atoms. The molecule has 7 nitrogen and oxygen atoms in total. The number of benzene rings is 2. The standard InChI is InChI=1S/C19H14F3N3O4/c1-18(26,10-29-14-4-2-3-13(7-14)25(27)28)17-6-11-5-12(9-23)15(19(20,21)22)8-16(11)24-17/h2-8,24,26H,10H2,1H3. The molecule has 0 saturated heterocycles. The molecule has 2 N–H and O–H groups in total. The van der Waals surface area contributed by atoms with E-state index in [4.69, 9.17) is 10.00 Å². The van der Waals surface area contributed by atoms with E-state index in [2.05, 4.69) is 4.98 Å². The number of nitro groups is 1. The molecule has 0 bridgehead atoms. The third-order valence-electron chi connectivity index (χ3n) is 4.31. The van der Waals surface area contributed by atoms with Gasteiger partial charge in [-0.05, 0) is 31.2 Å². The van der Waals surface area contributed by atoms with Gasteiger partial charge in [0.2, 0.25) is 0 Å². The SMILES string of the molecule is CC(O)(COc1cccc([N+](=O)[O-])c1)c1cc2cc(C#N)c(C(F)(F)F)cc2[nH]1. The molecule has 1 unspecified atom stereocenters. The van der Waals surface area contributed by atoms with Crippen molar-refractivity contribution in [1.29, 1.82) is 5.26 Å². The van der Waals surface area contributed by atoms with Gasteiger partial charge >= 0.3 is 6.18 Å². The zero-order valence-electron chi connectivity index (χ0n) is 14.9. The highest BCUT2D eigenvalue weighted by atomic mass is 19.4. The molecule has 3 aromatic rings. The van der Waals surface area contributed by atoms with E-state index in [9.17, 15) is 28.4 Å². The Hall–Kier alpha value is -3.58. The summed E-state index contributed by atoms with van der Waals surface area (Å²) in [5.41, 5.74) is -3.16. The van der Waals surface area contributed by atoms with E-state index in [1.807, 2.05) is 0 Å². The maximum Gasteiger partial charge on any atom is 0.417 e. The number of alkyl halides is 3. The highest BCUT2D eigenvalue weighted by Crippen LogP contribution is 2.35. The molecule has 3 rings (SSSR count). The molecule has 0 aliphatic heterocycles. The molecule has 1 aromatic heterocycles. The van der Waals surface area contributed by atoms with Crippen LogP contribution in [0.25, 0.3) is 10.9 Å². The fourth-order valence-corrected chi connectivity index (χ4v) is 2.79. The van der Waals surface area contributed by atoms with Gasteiger partial charge in [-0.2, -0.15) is 18.4 Å². The Kier molecular flexibility index (Phi) is 4.94. The summed E-state index contributed by atoms with van der Waals surface area (Å²) in [6, 6.07) is 10.2. The van der Waals surface area contributed by atoms with Crippen LogP contribution in [0.3, 0.4) is 0 Å². The lowest BCUT2D eigenvalue weighted by atomic mass is 10.0. The summed E-state index contributed by atoms with van der Waals surface area (Å²) < 4.78 is 44.8. The first-order valence-electron chi connectivity index (χ1n) is 8.25. The predicted octanol–water partition coefficient (Wildman–Crippen LogP) is 4.25. The molecule has 0 radical (unpaired) electrons. The molecule has 0 aliphatic rings. The van der Waals surface area contributed by atoms with Gasteiger partial charge in [0.1, 0.15) is 18.0 Å². The first-order valence-corrected chi connectivity index (χ1v) is 8.25. The second-order valence-corrected chi connectivity index (χ2v) is 6.59. The van der Waals surface area contributed by atoms with Crippen LogP contribution in [0.2, 0.25) is 0 Å². The van der Waals surface area contributed by atoms with Gasteiger partial charge in [-0.3, -0.25) is 10.1 Å². The average molecular weight is 405 g/mol. The number of H-pyrrole nitrogens is 1. The largest absolute Gasteiger partial charge is 0.490 e. The molecule has 2 aromatic carbocycles. The minimum Gasteiger partial charge on any atom is -0.490 e. The normalized spacial score (nSPS) is 13.7. The molecule has 1 heterocycles. The summed E-state index contributed by atoms with van der Waals surface area (Å²) in [6.45, 7) is 1.06. The van der Waals surface area contributed by atoms with Crippen LogP contribution in [0.4, 0.5) is 18.9 Å². The van der Waals surface area contributed by atoms with Crippen molar-refractivity contribution in [2.45, 2.75) is 18.7 Å². The number of nitrogens with one attached hydrogen (secondary N) is 1. The predicted molar refractivity (Wildman–Crippen MR) is 96.2 cm³/mol. The summed E-state index contributed by atoms with van der Waals surface area (Å²) in [4.78, 5) is 12.9. The average Bonchev–Trinajstić information content (AvgIpc) is 3.09. The van der Waals surface area contributed by atoms with Crippen LogP contribution in [-0.2, 0) is 11.8 Å². The summed E-state index contributed by atoms with van der Waals surface area (Å²) in [5, 5.41) is 30.8. The van der Waals surface area contributed by atoms with Crippen LogP contribution in [0.15, 0.2) is 42.5 Å². The smallest absolute Gasteiger partial charge is 0.417 e. The van der Waals surface area contributed by atoms with Gasteiger partial charge in [0, 0.05) is 17.0 Å². The number of aromatic nitrogens is 1. The van der Waals surface area contributed by atoms with Gasteiger partial charge in [0.05, 0.1) is 33.9 Å². The van der Waals surface area contributed by atoms with Crippen LogP contribution in [-0.4, -0.2) is 21.6 Å². The molecule has 0 amide bonds. The number of halogens is 3. The van der Waals surface area contributed by atoms with Crippen molar-refractivity contribution in [1.82, 2.24) is 4.98 Å². The highest BCUT2D eigenvalue weighted by molar-refractivity contribution is 5.83. The fraction of sp³-hybridized carbons (Fsp3) is 0.211. The first kappa shape index (κ1) is 20.2. The molecular weight excluding hydrogens is 391 g/mol. The summed E-state index contributed by atoms with van der Waals surface area (Å²) in [7, 11) is 0. The van der Waals surface area contributed by atoms with E-state index in [1.54, 1.807) is 0 Å². The zero-order valence-corrected chi connectivity index (χ0v) is 14.9. The molecule has 0 fully saturated rings. The zero-order chi connectivity index (χ0) is 21.4. The molecule has 0 aliphatic carbocycles. The van der Waals surface area contributed by atoms with E-state index < -0.39 is 27.8 Å². The number of ether oxygens (including phenoxy) is 1. The van der Waals surface area contributed by atoms with Gasteiger partial charge in [-0.1, -0.05) is 6.07 Å². The Morgan fingerprint density at radius 1 is 1.28 bits per heavy atom. The number of rotatable bonds is 5. The second kappa shape index (κ2) is 7.10. The molecule has 29 heavy (non-hydrogen) atoms. The monoisotopic (exact) mass is 405 g/mol. The van der Waals surface area contributed by atoms with Crippen molar-refractivity contribution >= 4 is 16.6 Å². The van der Waals surface area contributed by atoms with Crippen molar-refractivity contribution in [2.24, 2.45) is 0 Å². The minimum atomic E-state index is -4.70. The number of non-ortho nitro benzene ring substituents is 1. The Bertz CT molecular complexity index is 1130. The van der Waals surface area contributed by atoms with Crippen LogP contribution < -0.4 is 4.74 Å². The number of nitro benzene ring substituents is 1. The van der Waals surface area contributed by atoms with E-state index in [-0.39, 0.29) is 29.3 Å². The van der Waals surface area contributed by atoms with Crippen LogP contribution in [0.1, 0.15) is 23.7 Å². The lowest BCUT2D eigenvalue weighted by Crippen LogP contribution is -2.29. The van der Waals surface area contributed by atoms with Crippen molar-refractivity contribution < 1.29 is 27.9 Å². The van der Waals surface area contributed by atoms with Gasteiger partial charge in [0.15, 0.2) is 0 Å². The lowest BCUT2D eigenvalue weighted by molar-refractivity contribution is -0.384. The Morgan fingerprint density at radius 2 is 2.00 bits per heavy atom. The van der Waals surface area contributed by atoms with Gasteiger partial charge in [0.25, 0.3) is 5.69 Å². The topological polar surface area (TPSA) is 112 Å². The molecule has 0 saturated carbocycles. The van der Waals surface area contributed by atoms with E-state index in [0.717, 1.165) is 12.1 Å². The Morgan fingerprint density at radius 3 is 2.62 bits per heavy atom. The van der Waals surface area contributed by atoms with E-state index in [1.165, 1.54) is 43.3 Å². The summed E-state index contributed by atoms with van der Waals surface area (Å²) >= 11 is 0. The third-order valence-corrected chi connectivity index (χ3v) is 4.31. The van der Waals surface area contributed by atoms with Crippen molar-refractivity contribution in [2.75, 3.05) is 6.61 Å². The number of hydrogen-bond acceptors (Lipinski definition) is 5. The summed E-state index contributed by atoms with van der Waals surface area (Å²) in [6.07, 6.45) is -4.70. The molecular formula is C19H14F3N3O4. The van der Waals surface area contributed by atoms with Crippen LogP contribution in [0, 0.1) is 21.4 Å². The van der Waals surface area contributed by atoms with Crippen molar-refractivity contribution in [3.05, 3.63) is 69.4 Å². The number of aliphatic hydroxyl groups is 1. The van der Waals surface area contributed by atoms with Crippen molar-refractivity contribution in [3.63, 3.8) is 0 Å². The first-order chi connectivity index (χ1) is 13.5. The molecule has 150 valence electrons. The van der Waals surface area contributed by atoms with Crippen molar-refractivity contribution in [3.8, 4) is 11.8 Å². The number of aromatic amines is 1. The van der Waals surface area contributed by atoms with Gasteiger partial charge in [-0.15, -0.1) is 0 Å². The third kappa shape index (κ3) is 4.14. The van der Waals surface area contributed by atoms with E-state index in [0.29, 0.717) is 5.39 Å². The maximum atomic E-state index is 13.1. The Labute approximate surface area is 162 Å². The number of hydrogen-bond donors (Lipinski definition) is 2. The second-order valence-electron chi connectivity index (χ2n) is 6.59. The number of nitriles is 1. The van der Waals surface area contributed by atoms with E-state index >= 15 is 0 Å². The lowest BCUT2D eigenvalue weighted by Gasteiger charge is -2.22. The highest BCUT2D eigenvalue weighted by Gasteiger charge is 2.35. The van der Waals surface area contributed by atoms with Crippen LogP contribution in [0.5, 0.6) is 5.75 Å². The maximum absolute atomic E-state index is 13.1. The summed E-state index contributed by atoms with van der Waals surface area (Å²) in [5.74, 6) is 0.154. The quantitative estimate of drug-likeness (QED) is 0.487. The number of nitrogens with zero attached hydrogens (tertiary/aromatic N) is 2. The van der Waals surface area contributed by atoms with Gasteiger partial charge < -0.3 is 14.8 Å². The molecule has 10 heteroatoms. The van der Waals surface area contributed by atoms with Gasteiger partial charge in [-0.25, -0.2) is 0 Å². The number of fused-ring (bicyclic) bond motifs is 1. The molecule has 1 atom stereocenters. The van der Waals surface area contributed by atoms with Crippen LogP contribution >= 0.6 is 0 Å².